The van der Waals surface area contributed by atoms with Crippen LogP contribution in [0.25, 0.3) is 0 Å². The van der Waals surface area contributed by atoms with Crippen LogP contribution in [0.2, 0.25) is 0 Å². The lowest BCUT2D eigenvalue weighted by Gasteiger charge is -2.16. The number of benzene rings is 3. The molecule has 0 aliphatic rings. The maximum Gasteiger partial charge on any atom is 0.253 e. The fourth-order valence-corrected chi connectivity index (χ4v) is 3.18. The lowest BCUT2D eigenvalue weighted by atomic mass is 10.0. The molecule has 0 heterocycles. The van der Waals surface area contributed by atoms with E-state index in [4.69, 9.17) is 0 Å². The second-order valence-corrected chi connectivity index (χ2v) is 7.29. The first-order chi connectivity index (χ1) is 13.9. The van der Waals surface area contributed by atoms with E-state index in [1.807, 2.05) is 75.4 Å². The van der Waals surface area contributed by atoms with E-state index in [2.05, 4.69) is 10.6 Å². The van der Waals surface area contributed by atoms with Gasteiger partial charge in [-0.15, -0.1) is 0 Å². The number of nitrogens with one attached hydrogen (secondary N) is 2. The number of anilines is 1. The Hall–Kier alpha value is -3.40. The number of rotatable bonds is 6. The van der Waals surface area contributed by atoms with E-state index in [1.165, 1.54) is 5.56 Å². The maximum atomic E-state index is 12.8. The minimum Gasteiger partial charge on any atom is -0.345 e. The number of carbonyl (C=O) groups excluding carboxylic acids is 2. The van der Waals surface area contributed by atoms with Gasteiger partial charge in [0.1, 0.15) is 0 Å². The van der Waals surface area contributed by atoms with Crippen molar-refractivity contribution in [2.45, 2.75) is 33.2 Å². The molecule has 29 heavy (non-hydrogen) atoms. The monoisotopic (exact) mass is 386 g/mol. The molecule has 2 N–H and O–H groups in total. The Morgan fingerprint density at radius 3 is 2.28 bits per heavy atom. The summed E-state index contributed by atoms with van der Waals surface area (Å²) in [4.78, 5) is 25.4. The molecule has 0 spiro atoms. The van der Waals surface area contributed by atoms with Crippen molar-refractivity contribution in [2.24, 2.45) is 0 Å². The van der Waals surface area contributed by atoms with Gasteiger partial charge in [0.05, 0.1) is 23.7 Å². The Morgan fingerprint density at radius 1 is 0.862 bits per heavy atom. The molecule has 0 saturated heterocycles. The Kier molecular flexibility index (Phi) is 6.45. The quantitative estimate of drug-likeness (QED) is 0.628. The van der Waals surface area contributed by atoms with E-state index in [0.717, 1.165) is 16.7 Å². The standard InChI is InChI=1S/C25H26N2O2/c1-17-13-14-20(15-18(17)2)16-24(28)27-23-12-8-7-11-22(23)25(29)26-19(3)21-9-5-4-6-10-21/h4-15,19H,16H2,1-3H3,(H,26,29)(H,27,28). The largest absolute Gasteiger partial charge is 0.345 e. The highest BCUT2D eigenvalue weighted by Gasteiger charge is 2.16. The fourth-order valence-electron chi connectivity index (χ4n) is 3.18. The van der Waals surface area contributed by atoms with Gasteiger partial charge in [0.2, 0.25) is 5.91 Å². The van der Waals surface area contributed by atoms with Crippen LogP contribution in [0.3, 0.4) is 0 Å². The molecule has 3 aromatic rings. The van der Waals surface area contributed by atoms with Gasteiger partial charge >= 0.3 is 0 Å². The van der Waals surface area contributed by atoms with Crippen LogP contribution in [-0.2, 0) is 11.2 Å². The topological polar surface area (TPSA) is 58.2 Å². The summed E-state index contributed by atoms with van der Waals surface area (Å²) in [5.74, 6) is -0.368. The molecule has 0 aromatic heterocycles. The second-order valence-electron chi connectivity index (χ2n) is 7.29. The average Bonchev–Trinajstić information content (AvgIpc) is 2.71. The van der Waals surface area contributed by atoms with Gasteiger partial charge in [-0.3, -0.25) is 9.59 Å². The van der Waals surface area contributed by atoms with Crippen LogP contribution in [0.15, 0.2) is 72.8 Å². The minimum atomic E-state index is -0.219. The average molecular weight is 386 g/mol. The van der Waals surface area contributed by atoms with Crippen molar-refractivity contribution >= 4 is 17.5 Å². The van der Waals surface area contributed by atoms with E-state index in [-0.39, 0.29) is 24.3 Å². The van der Waals surface area contributed by atoms with Crippen LogP contribution >= 0.6 is 0 Å². The minimum absolute atomic E-state index is 0.136. The predicted molar refractivity (Wildman–Crippen MR) is 117 cm³/mol. The van der Waals surface area contributed by atoms with Crippen molar-refractivity contribution in [2.75, 3.05) is 5.32 Å². The van der Waals surface area contributed by atoms with Crippen LogP contribution < -0.4 is 10.6 Å². The van der Waals surface area contributed by atoms with E-state index in [9.17, 15) is 9.59 Å². The molecule has 0 aliphatic heterocycles. The molecule has 2 amide bonds. The summed E-state index contributed by atoms with van der Waals surface area (Å²) >= 11 is 0. The molecule has 0 saturated carbocycles. The molecule has 1 unspecified atom stereocenters. The molecular formula is C25H26N2O2. The first-order valence-electron chi connectivity index (χ1n) is 9.75. The molecule has 1 atom stereocenters. The third-order valence-corrected chi connectivity index (χ3v) is 5.03. The second kappa shape index (κ2) is 9.20. The normalized spacial score (nSPS) is 11.6. The zero-order valence-electron chi connectivity index (χ0n) is 17.0. The summed E-state index contributed by atoms with van der Waals surface area (Å²) in [5.41, 5.74) is 5.29. The maximum absolute atomic E-state index is 12.8. The summed E-state index contributed by atoms with van der Waals surface area (Å²) in [7, 11) is 0. The summed E-state index contributed by atoms with van der Waals surface area (Å²) in [5, 5.41) is 5.89. The van der Waals surface area contributed by atoms with Gasteiger partial charge < -0.3 is 10.6 Å². The van der Waals surface area contributed by atoms with Crippen molar-refractivity contribution in [3.63, 3.8) is 0 Å². The number of amides is 2. The summed E-state index contributed by atoms with van der Waals surface area (Å²) in [6.45, 7) is 6.02. The Balaban J connectivity index is 1.70. The fraction of sp³-hybridized carbons (Fsp3) is 0.200. The zero-order valence-corrected chi connectivity index (χ0v) is 17.0. The number of hydrogen-bond acceptors (Lipinski definition) is 2. The van der Waals surface area contributed by atoms with Crippen molar-refractivity contribution < 1.29 is 9.59 Å². The van der Waals surface area contributed by atoms with Gasteiger partial charge in [-0.25, -0.2) is 0 Å². The van der Waals surface area contributed by atoms with Crippen molar-refractivity contribution in [3.05, 3.63) is 101 Å². The molecule has 0 radical (unpaired) electrons. The van der Waals surface area contributed by atoms with Gasteiger partial charge in [0, 0.05) is 0 Å². The van der Waals surface area contributed by atoms with Gasteiger partial charge in [-0.1, -0.05) is 60.7 Å². The van der Waals surface area contributed by atoms with Crippen LogP contribution in [-0.4, -0.2) is 11.8 Å². The van der Waals surface area contributed by atoms with Gasteiger partial charge in [0.15, 0.2) is 0 Å². The zero-order chi connectivity index (χ0) is 20.8. The molecular weight excluding hydrogens is 360 g/mol. The molecule has 3 aromatic carbocycles. The number of aryl methyl sites for hydroxylation is 2. The van der Waals surface area contributed by atoms with Crippen LogP contribution in [0.1, 0.15) is 45.6 Å². The lowest BCUT2D eigenvalue weighted by molar-refractivity contribution is -0.115. The van der Waals surface area contributed by atoms with E-state index < -0.39 is 0 Å². The van der Waals surface area contributed by atoms with Crippen LogP contribution in [0, 0.1) is 13.8 Å². The molecule has 0 aliphatic carbocycles. The summed E-state index contributed by atoms with van der Waals surface area (Å²) in [6, 6.07) is 22.7. The molecule has 4 heteroatoms. The predicted octanol–water partition coefficient (Wildman–Crippen LogP) is 4.98. The summed E-state index contributed by atoms with van der Waals surface area (Å²) in [6.07, 6.45) is 0.261. The van der Waals surface area contributed by atoms with Crippen LogP contribution in [0.4, 0.5) is 5.69 Å². The summed E-state index contributed by atoms with van der Waals surface area (Å²) < 4.78 is 0. The van der Waals surface area contributed by atoms with Gasteiger partial charge in [0.25, 0.3) is 5.91 Å². The van der Waals surface area contributed by atoms with Crippen molar-refractivity contribution in [3.8, 4) is 0 Å². The highest BCUT2D eigenvalue weighted by molar-refractivity contribution is 6.04. The Bertz CT molecular complexity index is 1010. The Morgan fingerprint density at radius 2 is 1.55 bits per heavy atom. The third-order valence-electron chi connectivity index (χ3n) is 5.03. The number of hydrogen-bond donors (Lipinski definition) is 2. The van der Waals surface area contributed by atoms with Crippen molar-refractivity contribution in [1.82, 2.24) is 5.32 Å². The van der Waals surface area contributed by atoms with E-state index in [0.29, 0.717) is 11.3 Å². The van der Waals surface area contributed by atoms with Crippen LogP contribution in [0.5, 0.6) is 0 Å². The third kappa shape index (κ3) is 5.32. The molecule has 0 fully saturated rings. The number of carbonyl (C=O) groups is 2. The first-order valence-corrected chi connectivity index (χ1v) is 9.75. The highest BCUT2D eigenvalue weighted by atomic mass is 16.2. The highest BCUT2D eigenvalue weighted by Crippen LogP contribution is 2.19. The Labute approximate surface area is 172 Å². The number of para-hydroxylation sites is 1. The SMILES string of the molecule is Cc1ccc(CC(=O)Nc2ccccc2C(=O)NC(C)c2ccccc2)cc1C. The molecule has 0 bridgehead atoms. The lowest BCUT2D eigenvalue weighted by Crippen LogP contribution is -2.28. The smallest absolute Gasteiger partial charge is 0.253 e. The molecule has 148 valence electrons. The van der Waals surface area contributed by atoms with E-state index >= 15 is 0 Å². The van der Waals surface area contributed by atoms with Gasteiger partial charge in [-0.2, -0.15) is 0 Å². The van der Waals surface area contributed by atoms with E-state index in [1.54, 1.807) is 18.2 Å². The molecule has 4 nitrogen and oxygen atoms in total. The first kappa shape index (κ1) is 20.3. The van der Waals surface area contributed by atoms with Crippen molar-refractivity contribution in [1.29, 1.82) is 0 Å². The van der Waals surface area contributed by atoms with Gasteiger partial charge in [-0.05, 0) is 55.2 Å². The molecule has 3 rings (SSSR count).